The van der Waals surface area contributed by atoms with Crippen molar-refractivity contribution in [1.82, 2.24) is 15.1 Å². The van der Waals surface area contributed by atoms with E-state index < -0.39 is 0 Å². The monoisotopic (exact) mass is 295 g/mol. The summed E-state index contributed by atoms with van der Waals surface area (Å²) in [6, 6.07) is 2.19. The van der Waals surface area contributed by atoms with Crippen LogP contribution in [0, 0.1) is 11.8 Å². The first-order valence-electron chi connectivity index (χ1n) is 9.16. The van der Waals surface area contributed by atoms with Gasteiger partial charge in [-0.15, -0.1) is 0 Å². The maximum absolute atomic E-state index is 3.76. The number of rotatable bonds is 6. The largest absolute Gasteiger partial charge is 0.313 e. The predicted octanol–water partition coefficient (Wildman–Crippen LogP) is 2.82. The summed E-state index contributed by atoms with van der Waals surface area (Å²) in [5, 5.41) is 3.76. The van der Waals surface area contributed by atoms with E-state index in [4.69, 9.17) is 0 Å². The second kappa shape index (κ2) is 7.94. The molecule has 1 saturated carbocycles. The first-order chi connectivity index (χ1) is 10.0. The van der Waals surface area contributed by atoms with Gasteiger partial charge in [-0.2, -0.15) is 0 Å². The Balaban J connectivity index is 1.96. The fourth-order valence-electron chi connectivity index (χ4n) is 4.45. The summed E-state index contributed by atoms with van der Waals surface area (Å²) >= 11 is 0. The number of nitrogens with zero attached hydrogens (tertiary/aromatic N) is 2. The zero-order chi connectivity index (χ0) is 15.4. The Labute approximate surface area is 132 Å². The van der Waals surface area contributed by atoms with Crippen LogP contribution < -0.4 is 5.32 Å². The molecule has 2 rings (SSSR count). The summed E-state index contributed by atoms with van der Waals surface area (Å²) in [5.41, 5.74) is 0. The van der Waals surface area contributed by atoms with Gasteiger partial charge in [0.15, 0.2) is 0 Å². The van der Waals surface area contributed by atoms with E-state index in [1.165, 1.54) is 45.2 Å². The van der Waals surface area contributed by atoms with E-state index in [0.29, 0.717) is 6.04 Å². The molecule has 1 N–H and O–H groups in total. The van der Waals surface area contributed by atoms with Crippen molar-refractivity contribution in [2.45, 2.75) is 71.0 Å². The SMILES string of the molecule is CCNC1CCC(C(C)C)CC1N(C)CC1CCCN1C. The van der Waals surface area contributed by atoms with E-state index in [1.807, 2.05) is 0 Å². The van der Waals surface area contributed by atoms with Crippen molar-refractivity contribution in [2.75, 3.05) is 33.7 Å². The third-order valence-corrected chi connectivity index (χ3v) is 6.00. The van der Waals surface area contributed by atoms with Crippen molar-refractivity contribution in [3.8, 4) is 0 Å². The minimum absolute atomic E-state index is 0.696. The van der Waals surface area contributed by atoms with Crippen LogP contribution in [-0.4, -0.2) is 61.7 Å². The summed E-state index contributed by atoms with van der Waals surface area (Å²) < 4.78 is 0. The Morgan fingerprint density at radius 2 is 2.00 bits per heavy atom. The van der Waals surface area contributed by atoms with E-state index in [-0.39, 0.29) is 0 Å². The van der Waals surface area contributed by atoms with E-state index >= 15 is 0 Å². The maximum atomic E-state index is 3.76. The minimum atomic E-state index is 0.696. The molecule has 0 amide bonds. The molecule has 1 heterocycles. The molecule has 0 aromatic carbocycles. The van der Waals surface area contributed by atoms with Crippen LogP contribution >= 0.6 is 0 Å². The Kier molecular flexibility index (Phi) is 6.51. The zero-order valence-electron chi connectivity index (χ0n) is 14.9. The molecule has 3 nitrogen and oxygen atoms in total. The Morgan fingerprint density at radius 3 is 2.57 bits per heavy atom. The van der Waals surface area contributed by atoms with Crippen LogP contribution in [-0.2, 0) is 0 Å². The fourth-order valence-corrected chi connectivity index (χ4v) is 4.45. The average molecular weight is 296 g/mol. The van der Waals surface area contributed by atoms with Gasteiger partial charge in [-0.3, -0.25) is 0 Å². The standard InChI is InChI=1S/C18H37N3/c1-6-19-17-10-9-15(14(2)3)12-18(17)21(5)13-16-8-7-11-20(16)4/h14-19H,6-13H2,1-5H3. The number of nitrogens with one attached hydrogen (secondary N) is 1. The van der Waals surface area contributed by atoms with Gasteiger partial charge in [0.05, 0.1) is 0 Å². The van der Waals surface area contributed by atoms with Crippen molar-refractivity contribution < 1.29 is 0 Å². The highest BCUT2D eigenvalue weighted by atomic mass is 15.2. The Hall–Kier alpha value is -0.120. The highest BCUT2D eigenvalue weighted by Crippen LogP contribution is 2.33. The summed E-state index contributed by atoms with van der Waals surface area (Å²) in [5.74, 6) is 1.74. The zero-order valence-corrected chi connectivity index (χ0v) is 14.9. The van der Waals surface area contributed by atoms with Gasteiger partial charge >= 0.3 is 0 Å². The van der Waals surface area contributed by atoms with Crippen molar-refractivity contribution >= 4 is 0 Å². The predicted molar refractivity (Wildman–Crippen MR) is 91.7 cm³/mol. The van der Waals surface area contributed by atoms with Gasteiger partial charge in [0.25, 0.3) is 0 Å². The second-order valence-corrected chi connectivity index (χ2v) is 7.76. The molecule has 1 aliphatic carbocycles. The van der Waals surface area contributed by atoms with Crippen LogP contribution in [0.25, 0.3) is 0 Å². The quantitative estimate of drug-likeness (QED) is 0.813. The topological polar surface area (TPSA) is 18.5 Å². The van der Waals surface area contributed by atoms with E-state index in [2.05, 4.69) is 50.0 Å². The molecule has 1 saturated heterocycles. The number of likely N-dealkylation sites (N-methyl/N-ethyl adjacent to an activating group) is 3. The number of hydrogen-bond donors (Lipinski definition) is 1. The van der Waals surface area contributed by atoms with Crippen LogP contribution in [0.5, 0.6) is 0 Å². The summed E-state index contributed by atoms with van der Waals surface area (Å²) in [6.07, 6.45) is 6.90. The number of likely N-dealkylation sites (tertiary alicyclic amines) is 1. The molecule has 4 atom stereocenters. The van der Waals surface area contributed by atoms with Crippen molar-refractivity contribution in [3.05, 3.63) is 0 Å². The Morgan fingerprint density at radius 1 is 1.24 bits per heavy atom. The highest BCUT2D eigenvalue weighted by molar-refractivity contribution is 4.92. The molecule has 0 spiro atoms. The molecule has 124 valence electrons. The van der Waals surface area contributed by atoms with Crippen molar-refractivity contribution in [1.29, 1.82) is 0 Å². The lowest BCUT2D eigenvalue weighted by atomic mass is 9.76. The fraction of sp³-hybridized carbons (Fsp3) is 1.00. The van der Waals surface area contributed by atoms with Gasteiger partial charge in [0.1, 0.15) is 0 Å². The van der Waals surface area contributed by atoms with Crippen LogP contribution in [0.1, 0.15) is 52.9 Å². The van der Waals surface area contributed by atoms with Crippen LogP contribution in [0.2, 0.25) is 0 Å². The minimum Gasteiger partial charge on any atom is -0.313 e. The molecule has 0 aromatic rings. The lowest BCUT2D eigenvalue weighted by molar-refractivity contribution is 0.0854. The molecule has 3 heteroatoms. The van der Waals surface area contributed by atoms with E-state index in [1.54, 1.807) is 0 Å². The molecule has 2 aliphatic rings. The van der Waals surface area contributed by atoms with Gasteiger partial charge in [-0.1, -0.05) is 20.8 Å². The van der Waals surface area contributed by atoms with E-state index in [9.17, 15) is 0 Å². The second-order valence-electron chi connectivity index (χ2n) is 7.76. The summed E-state index contributed by atoms with van der Waals surface area (Å²) in [6.45, 7) is 10.7. The molecule has 0 aromatic heterocycles. The third-order valence-electron chi connectivity index (χ3n) is 6.00. The highest BCUT2D eigenvalue weighted by Gasteiger charge is 2.35. The lowest BCUT2D eigenvalue weighted by Crippen LogP contribution is -2.54. The average Bonchev–Trinajstić information content (AvgIpc) is 2.84. The molecular formula is C18H37N3. The lowest BCUT2D eigenvalue weighted by Gasteiger charge is -2.44. The van der Waals surface area contributed by atoms with Gasteiger partial charge in [-0.05, 0) is 71.1 Å². The van der Waals surface area contributed by atoms with Gasteiger partial charge in [0.2, 0.25) is 0 Å². The normalized spacial score (nSPS) is 35.0. The molecule has 2 fully saturated rings. The Bertz CT molecular complexity index is 305. The first-order valence-corrected chi connectivity index (χ1v) is 9.16. The molecule has 0 radical (unpaired) electrons. The third kappa shape index (κ3) is 4.43. The van der Waals surface area contributed by atoms with E-state index in [0.717, 1.165) is 30.5 Å². The number of hydrogen-bond acceptors (Lipinski definition) is 3. The van der Waals surface area contributed by atoms with Gasteiger partial charge < -0.3 is 15.1 Å². The van der Waals surface area contributed by atoms with Crippen molar-refractivity contribution in [3.63, 3.8) is 0 Å². The summed E-state index contributed by atoms with van der Waals surface area (Å²) in [7, 11) is 4.66. The van der Waals surface area contributed by atoms with Gasteiger partial charge in [0, 0.05) is 24.7 Å². The van der Waals surface area contributed by atoms with Crippen molar-refractivity contribution in [2.24, 2.45) is 11.8 Å². The molecular weight excluding hydrogens is 258 g/mol. The van der Waals surface area contributed by atoms with Crippen LogP contribution in [0.15, 0.2) is 0 Å². The molecule has 1 aliphatic heterocycles. The van der Waals surface area contributed by atoms with Crippen LogP contribution in [0.4, 0.5) is 0 Å². The smallest absolute Gasteiger partial charge is 0.0249 e. The molecule has 0 bridgehead atoms. The molecule has 21 heavy (non-hydrogen) atoms. The van der Waals surface area contributed by atoms with Gasteiger partial charge in [-0.25, -0.2) is 0 Å². The summed E-state index contributed by atoms with van der Waals surface area (Å²) in [4.78, 5) is 5.23. The first kappa shape index (κ1) is 17.2. The van der Waals surface area contributed by atoms with Crippen LogP contribution in [0.3, 0.4) is 0 Å². The maximum Gasteiger partial charge on any atom is 0.0249 e. The molecule has 4 unspecified atom stereocenters.